The lowest BCUT2D eigenvalue weighted by atomic mass is 10.1. The lowest BCUT2D eigenvalue weighted by Gasteiger charge is -1.98. The van der Waals surface area contributed by atoms with E-state index >= 15 is 0 Å². The van der Waals surface area contributed by atoms with Gasteiger partial charge in [0.1, 0.15) is 12.2 Å². The van der Waals surface area contributed by atoms with Crippen LogP contribution in [0.25, 0.3) is 0 Å². The molecule has 3 heteroatoms. The molecule has 0 radical (unpaired) electrons. The first kappa shape index (κ1) is 9.73. The highest BCUT2D eigenvalue weighted by Gasteiger charge is 2.38. The molecule has 2 unspecified atom stereocenters. The molecule has 0 N–H and O–H groups in total. The van der Waals surface area contributed by atoms with Crippen molar-refractivity contribution < 1.29 is 14.2 Å². The van der Waals surface area contributed by atoms with Crippen molar-refractivity contribution >= 4 is 0 Å². The van der Waals surface area contributed by atoms with Gasteiger partial charge >= 0.3 is 0 Å². The number of allylic oxidation sites excluding steroid dienone is 1. The molecule has 1 fully saturated rings. The van der Waals surface area contributed by atoms with Gasteiger partial charge in [-0.05, 0) is 31.5 Å². The molecule has 0 aromatic heterocycles. The van der Waals surface area contributed by atoms with E-state index in [1.165, 1.54) is 5.57 Å². The van der Waals surface area contributed by atoms with Crippen LogP contribution >= 0.6 is 0 Å². The van der Waals surface area contributed by atoms with Crippen molar-refractivity contribution in [3.8, 4) is 11.5 Å². The molecule has 2 aliphatic rings. The summed E-state index contributed by atoms with van der Waals surface area (Å²) in [4.78, 5) is 0. The van der Waals surface area contributed by atoms with Gasteiger partial charge in [-0.15, -0.1) is 0 Å². The molecule has 0 amide bonds. The molecular weight excluding hydrogens is 204 g/mol. The molecule has 0 spiro atoms. The predicted molar refractivity (Wildman–Crippen MR) is 59.6 cm³/mol. The number of hydrogen-bond donors (Lipinski definition) is 0. The van der Waals surface area contributed by atoms with Gasteiger partial charge < -0.3 is 14.2 Å². The highest BCUT2D eigenvalue weighted by molar-refractivity contribution is 5.46. The van der Waals surface area contributed by atoms with Gasteiger partial charge in [0.25, 0.3) is 0 Å². The smallest absolute Gasteiger partial charge is 0.231 e. The summed E-state index contributed by atoms with van der Waals surface area (Å²) in [5, 5.41) is 0. The Kier molecular flexibility index (Phi) is 2.14. The van der Waals surface area contributed by atoms with Gasteiger partial charge in [0.2, 0.25) is 6.79 Å². The summed E-state index contributed by atoms with van der Waals surface area (Å²) in [5.41, 5.74) is 2.44. The van der Waals surface area contributed by atoms with E-state index in [4.69, 9.17) is 14.2 Å². The molecule has 2 atom stereocenters. The third-order valence-electron chi connectivity index (χ3n) is 2.75. The number of ether oxygens (including phenoxy) is 3. The third kappa shape index (κ3) is 1.67. The number of hydrogen-bond acceptors (Lipinski definition) is 3. The predicted octanol–water partition coefficient (Wildman–Crippen LogP) is 2.82. The van der Waals surface area contributed by atoms with Crippen LogP contribution in [0.2, 0.25) is 0 Å². The molecule has 3 rings (SSSR count). The zero-order valence-corrected chi connectivity index (χ0v) is 9.40. The lowest BCUT2D eigenvalue weighted by Crippen LogP contribution is -1.93. The Labute approximate surface area is 94.6 Å². The number of fused-ring (bicyclic) bond motifs is 1. The summed E-state index contributed by atoms with van der Waals surface area (Å²) in [6.45, 7) is 4.48. The molecule has 1 aromatic carbocycles. The van der Waals surface area contributed by atoms with Crippen LogP contribution in [0.3, 0.4) is 0 Å². The first-order valence-electron chi connectivity index (χ1n) is 5.44. The Balaban J connectivity index is 1.80. The Bertz CT molecular complexity index is 446. The Morgan fingerprint density at radius 2 is 2.06 bits per heavy atom. The summed E-state index contributed by atoms with van der Waals surface area (Å²) in [6, 6.07) is 5.99. The summed E-state index contributed by atoms with van der Waals surface area (Å²) in [5.74, 6) is 1.65. The van der Waals surface area contributed by atoms with Gasteiger partial charge in [-0.2, -0.15) is 0 Å². The molecule has 84 valence electrons. The molecule has 3 nitrogen and oxygen atoms in total. The molecule has 2 heterocycles. The van der Waals surface area contributed by atoms with Gasteiger partial charge in [0.15, 0.2) is 11.5 Å². The van der Waals surface area contributed by atoms with Crippen molar-refractivity contribution in [1.29, 1.82) is 0 Å². The Hall–Kier alpha value is -1.48. The molecule has 1 saturated heterocycles. The number of benzene rings is 1. The van der Waals surface area contributed by atoms with Crippen LogP contribution in [0.4, 0.5) is 0 Å². The second kappa shape index (κ2) is 3.52. The van der Waals surface area contributed by atoms with Crippen molar-refractivity contribution in [3.05, 3.63) is 35.4 Å². The van der Waals surface area contributed by atoms with E-state index in [-0.39, 0.29) is 12.2 Å². The van der Waals surface area contributed by atoms with Crippen molar-refractivity contribution in [2.24, 2.45) is 0 Å². The van der Waals surface area contributed by atoms with Gasteiger partial charge in [-0.25, -0.2) is 0 Å². The van der Waals surface area contributed by atoms with Crippen molar-refractivity contribution in [2.75, 3.05) is 6.79 Å². The minimum absolute atomic E-state index is 0.185. The Morgan fingerprint density at radius 3 is 2.88 bits per heavy atom. The summed E-state index contributed by atoms with van der Waals surface area (Å²) in [6.07, 6.45) is 2.56. The topological polar surface area (TPSA) is 31.0 Å². The van der Waals surface area contributed by atoms with Gasteiger partial charge in [-0.1, -0.05) is 17.7 Å². The van der Waals surface area contributed by atoms with Crippen LogP contribution in [0.1, 0.15) is 25.5 Å². The van der Waals surface area contributed by atoms with E-state index < -0.39 is 0 Å². The monoisotopic (exact) mass is 218 g/mol. The van der Waals surface area contributed by atoms with Crippen LogP contribution < -0.4 is 9.47 Å². The third-order valence-corrected chi connectivity index (χ3v) is 2.75. The molecular formula is C13H14O3. The minimum Gasteiger partial charge on any atom is -0.454 e. The Morgan fingerprint density at radius 1 is 1.25 bits per heavy atom. The quantitative estimate of drug-likeness (QED) is 0.565. The van der Waals surface area contributed by atoms with Crippen LogP contribution in [-0.2, 0) is 4.74 Å². The standard InChI is InChI=1S/C13H14O3/c1-8(2)5-12-13(16-12)9-3-4-10-11(6-9)15-7-14-10/h3-6,12-13H,7H2,1-2H3. The molecule has 0 saturated carbocycles. The largest absolute Gasteiger partial charge is 0.454 e. The zero-order valence-electron chi connectivity index (χ0n) is 9.40. The summed E-state index contributed by atoms with van der Waals surface area (Å²) < 4.78 is 16.2. The molecule has 1 aromatic rings. The number of rotatable bonds is 2. The van der Waals surface area contributed by atoms with Gasteiger partial charge in [0, 0.05) is 0 Å². The SMILES string of the molecule is CC(C)=CC1OC1c1ccc2c(c1)OCO2. The fraction of sp³-hybridized carbons (Fsp3) is 0.385. The van der Waals surface area contributed by atoms with Crippen LogP contribution in [-0.4, -0.2) is 12.9 Å². The maximum Gasteiger partial charge on any atom is 0.231 e. The van der Waals surface area contributed by atoms with E-state index in [9.17, 15) is 0 Å². The highest BCUT2D eigenvalue weighted by atomic mass is 16.7. The molecule has 16 heavy (non-hydrogen) atoms. The second-order valence-corrected chi connectivity index (χ2v) is 4.38. The molecule has 2 aliphatic heterocycles. The minimum atomic E-state index is 0.185. The summed E-state index contributed by atoms with van der Waals surface area (Å²) >= 11 is 0. The lowest BCUT2D eigenvalue weighted by molar-refractivity contribution is 0.174. The second-order valence-electron chi connectivity index (χ2n) is 4.38. The van der Waals surface area contributed by atoms with Crippen molar-refractivity contribution in [1.82, 2.24) is 0 Å². The number of epoxide rings is 1. The first-order valence-corrected chi connectivity index (χ1v) is 5.44. The highest BCUT2D eigenvalue weighted by Crippen LogP contribution is 2.43. The maximum atomic E-state index is 5.60. The summed E-state index contributed by atoms with van der Waals surface area (Å²) in [7, 11) is 0. The van der Waals surface area contributed by atoms with E-state index in [2.05, 4.69) is 19.9 Å². The van der Waals surface area contributed by atoms with E-state index in [1.807, 2.05) is 18.2 Å². The first-order chi connectivity index (χ1) is 7.74. The average Bonchev–Trinajstić information content (AvgIpc) is 2.84. The van der Waals surface area contributed by atoms with Crippen molar-refractivity contribution in [3.63, 3.8) is 0 Å². The van der Waals surface area contributed by atoms with Crippen LogP contribution in [0.15, 0.2) is 29.8 Å². The van der Waals surface area contributed by atoms with Crippen LogP contribution in [0, 0.1) is 0 Å². The van der Waals surface area contributed by atoms with Gasteiger partial charge in [-0.3, -0.25) is 0 Å². The van der Waals surface area contributed by atoms with Crippen LogP contribution in [0.5, 0.6) is 11.5 Å². The van der Waals surface area contributed by atoms with E-state index in [1.54, 1.807) is 0 Å². The van der Waals surface area contributed by atoms with E-state index in [0.29, 0.717) is 6.79 Å². The fourth-order valence-corrected chi connectivity index (χ4v) is 1.94. The van der Waals surface area contributed by atoms with E-state index in [0.717, 1.165) is 17.1 Å². The van der Waals surface area contributed by atoms with Gasteiger partial charge in [0.05, 0.1) is 0 Å². The normalized spacial score (nSPS) is 25.4. The molecule has 0 bridgehead atoms. The average molecular weight is 218 g/mol. The zero-order chi connectivity index (χ0) is 11.1. The maximum absolute atomic E-state index is 5.60. The fourth-order valence-electron chi connectivity index (χ4n) is 1.94. The molecule has 0 aliphatic carbocycles. The van der Waals surface area contributed by atoms with Crippen molar-refractivity contribution in [2.45, 2.75) is 26.1 Å².